The summed E-state index contributed by atoms with van der Waals surface area (Å²) in [6, 6.07) is 9.48. The minimum atomic E-state index is -0.163. The van der Waals surface area contributed by atoms with Crippen molar-refractivity contribution in [1.29, 1.82) is 0 Å². The molecule has 0 aliphatic rings. The lowest BCUT2D eigenvalue weighted by molar-refractivity contribution is 0.102. The molecule has 1 aromatic carbocycles. The summed E-state index contributed by atoms with van der Waals surface area (Å²) in [6.07, 6.45) is 2.91. The zero-order valence-electron chi connectivity index (χ0n) is 11.2. The first-order valence-electron chi connectivity index (χ1n) is 6.43. The average Bonchev–Trinajstić information content (AvgIpc) is 2.96. The van der Waals surface area contributed by atoms with Gasteiger partial charge in [0.1, 0.15) is 6.26 Å². The Morgan fingerprint density at radius 2 is 1.84 bits per heavy atom. The van der Waals surface area contributed by atoms with Crippen molar-refractivity contribution >= 4 is 17.3 Å². The number of benzene rings is 1. The van der Waals surface area contributed by atoms with Crippen molar-refractivity contribution in [3.8, 4) is 0 Å². The van der Waals surface area contributed by atoms with E-state index in [0.717, 1.165) is 24.5 Å². The number of anilines is 2. The molecule has 0 saturated carbocycles. The van der Waals surface area contributed by atoms with Crippen LogP contribution < -0.4 is 10.2 Å². The van der Waals surface area contributed by atoms with Gasteiger partial charge in [0.05, 0.1) is 11.8 Å². The van der Waals surface area contributed by atoms with E-state index in [1.807, 2.05) is 24.3 Å². The van der Waals surface area contributed by atoms with E-state index in [-0.39, 0.29) is 5.91 Å². The first kappa shape index (κ1) is 13.2. The molecule has 19 heavy (non-hydrogen) atoms. The predicted octanol–water partition coefficient (Wildman–Crippen LogP) is 3.38. The van der Waals surface area contributed by atoms with Gasteiger partial charge in [-0.05, 0) is 44.2 Å². The van der Waals surface area contributed by atoms with Crippen molar-refractivity contribution in [3.05, 3.63) is 48.4 Å². The van der Waals surface area contributed by atoms with Crippen molar-refractivity contribution in [1.82, 2.24) is 0 Å². The van der Waals surface area contributed by atoms with Crippen LogP contribution in [0.4, 0.5) is 11.4 Å². The van der Waals surface area contributed by atoms with Gasteiger partial charge < -0.3 is 14.6 Å². The van der Waals surface area contributed by atoms with E-state index in [4.69, 9.17) is 4.42 Å². The Morgan fingerprint density at radius 1 is 1.16 bits per heavy atom. The SMILES string of the molecule is CCN(CC)c1ccc(NC(=O)c2ccoc2)cc1. The summed E-state index contributed by atoms with van der Waals surface area (Å²) in [5, 5.41) is 2.83. The van der Waals surface area contributed by atoms with Gasteiger partial charge in [0.2, 0.25) is 0 Å². The number of rotatable bonds is 5. The van der Waals surface area contributed by atoms with Crippen LogP contribution in [0.25, 0.3) is 0 Å². The molecule has 0 aliphatic heterocycles. The summed E-state index contributed by atoms with van der Waals surface area (Å²) in [6.45, 7) is 6.19. The number of amides is 1. The van der Waals surface area contributed by atoms with Crippen LogP contribution in [0.3, 0.4) is 0 Å². The number of carbonyl (C=O) groups is 1. The minimum absolute atomic E-state index is 0.163. The normalized spacial score (nSPS) is 10.2. The summed E-state index contributed by atoms with van der Waals surface area (Å²) < 4.78 is 4.89. The zero-order chi connectivity index (χ0) is 13.7. The Kier molecular flexibility index (Phi) is 4.23. The predicted molar refractivity (Wildman–Crippen MR) is 76.7 cm³/mol. The first-order valence-corrected chi connectivity index (χ1v) is 6.43. The lowest BCUT2D eigenvalue weighted by Gasteiger charge is -2.21. The molecule has 1 heterocycles. The third kappa shape index (κ3) is 3.16. The number of hydrogen-bond donors (Lipinski definition) is 1. The molecule has 0 bridgehead atoms. The number of carbonyl (C=O) groups excluding carboxylic acids is 1. The fourth-order valence-electron chi connectivity index (χ4n) is 1.94. The Balaban J connectivity index is 2.05. The fraction of sp³-hybridized carbons (Fsp3) is 0.267. The summed E-state index contributed by atoms with van der Waals surface area (Å²) in [5.74, 6) is -0.163. The van der Waals surface area contributed by atoms with Gasteiger partial charge in [-0.2, -0.15) is 0 Å². The second-order valence-corrected chi connectivity index (χ2v) is 4.19. The quantitative estimate of drug-likeness (QED) is 0.894. The lowest BCUT2D eigenvalue weighted by atomic mass is 10.2. The molecule has 4 heteroatoms. The van der Waals surface area contributed by atoms with Gasteiger partial charge in [-0.25, -0.2) is 0 Å². The van der Waals surface area contributed by atoms with Crippen LogP contribution in [0.1, 0.15) is 24.2 Å². The Bertz CT molecular complexity index is 514. The average molecular weight is 258 g/mol. The van der Waals surface area contributed by atoms with Crippen LogP contribution in [0, 0.1) is 0 Å². The molecule has 0 aliphatic carbocycles. The van der Waals surface area contributed by atoms with E-state index in [1.165, 1.54) is 12.5 Å². The zero-order valence-corrected chi connectivity index (χ0v) is 11.2. The first-order chi connectivity index (χ1) is 9.24. The van der Waals surface area contributed by atoms with Gasteiger partial charge in [-0.15, -0.1) is 0 Å². The molecule has 0 saturated heterocycles. The summed E-state index contributed by atoms with van der Waals surface area (Å²) in [4.78, 5) is 14.1. The smallest absolute Gasteiger partial charge is 0.258 e. The lowest BCUT2D eigenvalue weighted by Crippen LogP contribution is -2.21. The van der Waals surface area contributed by atoms with E-state index in [9.17, 15) is 4.79 Å². The maximum atomic E-state index is 11.8. The van der Waals surface area contributed by atoms with Crippen LogP contribution in [0.2, 0.25) is 0 Å². The Labute approximate surface area is 113 Å². The number of hydrogen-bond acceptors (Lipinski definition) is 3. The molecule has 2 aromatic rings. The standard InChI is InChI=1S/C15H18N2O2/c1-3-17(4-2)14-7-5-13(6-8-14)16-15(18)12-9-10-19-11-12/h5-11H,3-4H2,1-2H3,(H,16,18). The van der Waals surface area contributed by atoms with Gasteiger partial charge >= 0.3 is 0 Å². The highest BCUT2D eigenvalue weighted by Gasteiger charge is 2.07. The van der Waals surface area contributed by atoms with Crippen molar-refractivity contribution in [2.75, 3.05) is 23.3 Å². The second kappa shape index (κ2) is 6.09. The molecule has 0 spiro atoms. The molecular formula is C15H18N2O2. The third-order valence-electron chi connectivity index (χ3n) is 3.04. The molecule has 100 valence electrons. The van der Waals surface area contributed by atoms with E-state index in [1.54, 1.807) is 6.07 Å². The highest BCUT2D eigenvalue weighted by molar-refractivity contribution is 6.04. The Hall–Kier alpha value is -2.23. The monoisotopic (exact) mass is 258 g/mol. The molecule has 0 unspecified atom stereocenters. The van der Waals surface area contributed by atoms with E-state index >= 15 is 0 Å². The van der Waals surface area contributed by atoms with E-state index < -0.39 is 0 Å². The maximum Gasteiger partial charge on any atom is 0.258 e. The summed E-state index contributed by atoms with van der Waals surface area (Å²) >= 11 is 0. The van der Waals surface area contributed by atoms with Crippen molar-refractivity contribution in [2.45, 2.75) is 13.8 Å². The van der Waals surface area contributed by atoms with Crippen LogP contribution >= 0.6 is 0 Å². The summed E-state index contributed by atoms with van der Waals surface area (Å²) in [5.41, 5.74) is 2.46. The molecule has 0 fully saturated rings. The fourth-order valence-corrected chi connectivity index (χ4v) is 1.94. The van der Waals surface area contributed by atoms with Gasteiger partial charge in [0.25, 0.3) is 5.91 Å². The molecule has 1 N–H and O–H groups in total. The van der Waals surface area contributed by atoms with Crippen molar-refractivity contribution < 1.29 is 9.21 Å². The molecular weight excluding hydrogens is 240 g/mol. The number of nitrogens with zero attached hydrogens (tertiary/aromatic N) is 1. The number of furan rings is 1. The molecule has 1 aromatic heterocycles. The highest BCUT2D eigenvalue weighted by Crippen LogP contribution is 2.18. The van der Waals surface area contributed by atoms with Crippen LogP contribution in [-0.4, -0.2) is 19.0 Å². The van der Waals surface area contributed by atoms with Crippen molar-refractivity contribution in [2.24, 2.45) is 0 Å². The molecule has 4 nitrogen and oxygen atoms in total. The Morgan fingerprint density at radius 3 is 2.37 bits per heavy atom. The van der Waals surface area contributed by atoms with Crippen LogP contribution in [-0.2, 0) is 0 Å². The van der Waals surface area contributed by atoms with E-state index in [2.05, 4.69) is 24.1 Å². The highest BCUT2D eigenvalue weighted by atomic mass is 16.3. The molecule has 1 amide bonds. The van der Waals surface area contributed by atoms with Crippen molar-refractivity contribution in [3.63, 3.8) is 0 Å². The minimum Gasteiger partial charge on any atom is -0.472 e. The molecule has 2 rings (SSSR count). The van der Waals surface area contributed by atoms with E-state index in [0.29, 0.717) is 5.56 Å². The van der Waals surface area contributed by atoms with Gasteiger partial charge in [0, 0.05) is 24.5 Å². The second-order valence-electron chi connectivity index (χ2n) is 4.19. The van der Waals surface area contributed by atoms with Crippen LogP contribution in [0.15, 0.2) is 47.3 Å². The van der Waals surface area contributed by atoms with Crippen LogP contribution in [0.5, 0.6) is 0 Å². The van der Waals surface area contributed by atoms with Gasteiger partial charge in [0.15, 0.2) is 0 Å². The van der Waals surface area contributed by atoms with Gasteiger partial charge in [-0.3, -0.25) is 4.79 Å². The van der Waals surface area contributed by atoms with Gasteiger partial charge in [-0.1, -0.05) is 0 Å². The summed E-state index contributed by atoms with van der Waals surface area (Å²) in [7, 11) is 0. The maximum absolute atomic E-state index is 11.8. The largest absolute Gasteiger partial charge is 0.472 e. The molecule has 0 atom stereocenters. The topological polar surface area (TPSA) is 45.5 Å². The number of nitrogens with one attached hydrogen (secondary N) is 1. The molecule has 0 radical (unpaired) electrons. The third-order valence-corrected chi connectivity index (χ3v) is 3.04.